The summed E-state index contributed by atoms with van der Waals surface area (Å²) in [5.74, 6) is 0.947. The van der Waals surface area contributed by atoms with Gasteiger partial charge in [0, 0.05) is 37.1 Å². The Morgan fingerprint density at radius 2 is 2.22 bits per heavy atom. The van der Waals surface area contributed by atoms with Crippen LogP contribution in [0.5, 0.6) is 0 Å². The Morgan fingerprint density at radius 3 is 2.94 bits per heavy atom. The van der Waals surface area contributed by atoms with Crippen LogP contribution in [0.25, 0.3) is 0 Å². The summed E-state index contributed by atoms with van der Waals surface area (Å²) in [6, 6.07) is 4.64. The Morgan fingerprint density at radius 1 is 1.39 bits per heavy atom. The van der Waals surface area contributed by atoms with Gasteiger partial charge in [0.25, 0.3) is 0 Å². The summed E-state index contributed by atoms with van der Waals surface area (Å²) in [5.41, 5.74) is 1.14. The molecule has 1 heterocycles. The molecule has 0 amide bonds. The molecule has 2 rings (SSSR count). The van der Waals surface area contributed by atoms with Crippen molar-refractivity contribution >= 4 is 11.5 Å². The predicted molar refractivity (Wildman–Crippen MR) is 75.1 cm³/mol. The number of aromatic nitrogens is 1. The topological polar surface area (TPSA) is 46.2 Å². The fraction of sp³-hybridized carbons (Fsp3) is 0.643. The van der Waals surface area contributed by atoms with Gasteiger partial charge in [0.2, 0.25) is 0 Å². The van der Waals surface area contributed by atoms with Crippen LogP contribution in [0.3, 0.4) is 0 Å². The van der Waals surface area contributed by atoms with Gasteiger partial charge in [-0.2, -0.15) is 0 Å². The normalized spacial score (nSPS) is 22.3. The van der Waals surface area contributed by atoms with Gasteiger partial charge in [-0.1, -0.05) is 6.92 Å². The minimum atomic E-state index is 0.451. The van der Waals surface area contributed by atoms with E-state index in [9.17, 15) is 0 Å². The highest BCUT2D eigenvalue weighted by molar-refractivity contribution is 5.52. The zero-order valence-corrected chi connectivity index (χ0v) is 11.3. The van der Waals surface area contributed by atoms with Crippen LogP contribution in [-0.4, -0.2) is 30.3 Å². The first-order valence-electron chi connectivity index (χ1n) is 6.89. The van der Waals surface area contributed by atoms with Gasteiger partial charge in [0.15, 0.2) is 0 Å². The predicted octanol–water partition coefficient (Wildman–Crippen LogP) is 2.88. The molecule has 1 fully saturated rings. The molecular formula is C14H23N3O. The highest BCUT2D eigenvalue weighted by Gasteiger charge is 2.29. The molecule has 100 valence electrons. The molecule has 0 spiro atoms. The summed E-state index contributed by atoms with van der Waals surface area (Å²) < 4.78 is 5.56. The van der Waals surface area contributed by atoms with E-state index >= 15 is 0 Å². The zero-order chi connectivity index (χ0) is 12.8. The molecule has 0 atom stereocenters. The first-order chi connectivity index (χ1) is 8.81. The maximum Gasteiger partial charge on any atom is 0.127 e. The summed E-state index contributed by atoms with van der Waals surface area (Å²) in [6.07, 6.45) is 5.62. The van der Waals surface area contributed by atoms with Crippen molar-refractivity contribution in [3.8, 4) is 0 Å². The van der Waals surface area contributed by atoms with Crippen LogP contribution in [0.2, 0.25) is 0 Å². The number of nitrogens with one attached hydrogen (secondary N) is 2. The molecule has 4 nitrogen and oxygen atoms in total. The second-order valence-electron chi connectivity index (χ2n) is 4.75. The molecule has 18 heavy (non-hydrogen) atoms. The van der Waals surface area contributed by atoms with E-state index in [1.165, 1.54) is 0 Å². The van der Waals surface area contributed by atoms with Crippen LogP contribution in [0.1, 0.15) is 33.1 Å². The van der Waals surface area contributed by atoms with Gasteiger partial charge in [-0.25, -0.2) is 4.98 Å². The van der Waals surface area contributed by atoms with Crippen molar-refractivity contribution in [2.75, 3.05) is 23.8 Å². The molecule has 0 aliphatic heterocycles. The van der Waals surface area contributed by atoms with Crippen molar-refractivity contribution in [3.63, 3.8) is 0 Å². The lowest BCUT2D eigenvalue weighted by Gasteiger charge is -2.36. The van der Waals surface area contributed by atoms with Crippen LogP contribution in [0.4, 0.5) is 11.5 Å². The van der Waals surface area contributed by atoms with Gasteiger partial charge >= 0.3 is 0 Å². The zero-order valence-electron chi connectivity index (χ0n) is 11.3. The molecule has 2 N–H and O–H groups in total. The molecule has 0 bridgehead atoms. The molecule has 0 aromatic carbocycles. The second kappa shape index (κ2) is 6.59. The van der Waals surface area contributed by atoms with E-state index < -0.39 is 0 Å². The van der Waals surface area contributed by atoms with Crippen molar-refractivity contribution in [2.24, 2.45) is 0 Å². The fourth-order valence-corrected chi connectivity index (χ4v) is 2.16. The summed E-state index contributed by atoms with van der Waals surface area (Å²) in [4.78, 5) is 4.30. The Labute approximate surface area is 109 Å². The second-order valence-corrected chi connectivity index (χ2v) is 4.75. The third-order valence-electron chi connectivity index (χ3n) is 3.18. The molecule has 1 saturated carbocycles. The number of pyridine rings is 1. The average Bonchev–Trinajstić information content (AvgIpc) is 2.34. The van der Waals surface area contributed by atoms with Gasteiger partial charge in [-0.3, -0.25) is 0 Å². The van der Waals surface area contributed by atoms with Crippen molar-refractivity contribution in [1.29, 1.82) is 0 Å². The molecule has 1 aliphatic rings. The Bertz CT molecular complexity index is 364. The third kappa shape index (κ3) is 3.60. The van der Waals surface area contributed by atoms with E-state index in [1.54, 1.807) is 0 Å². The van der Waals surface area contributed by atoms with Crippen molar-refractivity contribution in [3.05, 3.63) is 18.3 Å². The average molecular weight is 249 g/mol. The lowest BCUT2D eigenvalue weighted by molar-refractivity contribution is 0.00299. The minimum absolute atomic E-state index is 0.451. The van der Waals surface area contributed by atoms with Gasteiger partial charge in [-0.05, 0) is 32.3 Å². The molecule has 1 aliphatic carbocycles. The molecular weight excluding hydrogens is 226 g/mol. The summed E-state index contributed by atoms with van der Waals surface area (Å²) in [6.45, 7) is 5.98. The first kappa shape index (κ1) is 13.1. The Hall–Kier alpha value is -1.29. The van der Waals surface area contributed by atoms with Gasteiger partial charge in [0.05, 0.1) is 6.10 Å². The third-order valence-corrected chi connectivity index (χ3v) is 3.18. The van der Waals surface area contributed by atoms with Gasteiger partial charge in [-0.15, -0.1) is 0 Å². The Kier molecular flexibility index (Phi) is 4.81. The number of anilines is 2. The van der Waals surface area contributed by atoms with E-state index in [0.29, 0.717) is 12.1 Å². The van der Waals surface area contributed by atoms with E-state index in [0.717, 1.165) is 43.9 Å². The van der Waals surface area contributed by atoms with Crippen molar-refractivity contribution in [1.82, 2.24) is 4.98 Å². The molecule has 1 aromatic rings. The summed E-state index contributed by atoms with van der Waals surface area (Å²) >= 11 is 0. The maximum atomic E-state index is 5.56. The van der Waals surface area contributed by atoms with Crippen LogP contribution < -0.4 is 10.6 Å². The minimum Gasteiger partial charge on any atom is -0.382 e. The maximum absolute atomic E-state index is 5.56. The van der Waals surface area contributed by atoms with Gasteiger partial charge < -0.3 is 15.4 Å². The van der Waals surface area contributed by atoms with Crippen LogP contribution in [0.15, 0.2) is 18.3 Å². The van der Waals surface area contributed by atoms with Crippen LogP contribution in [-0.2, 0) is 4.74 Å². The lowest BCUT2D eigenvalue weighted by Crippen LogP contribution is -2.40. The number of ether oxygens (including phenoxy) is 1. The number of nitrogens with zero attached hydrogens (tertiary/aromatic N) is 1. The molecule has 4 heteroatoms. The summed E-state index contributed by atoms with van der Waals surface area (Å²) in [7, 11) is 0. The van der Waals surface area contributed by atoms with E-state index in [4.69, 9.17) is 4.74 Å². The van der Waals surface area contributed by atoms with Gasteiger partial charge in [0.1, 0.15) is 5.82 Å². The van der Waals surface area contributed by atoms with Crippen molar-refractivity contribution in [2.45, 2.75) is 45.3 Å². The largest absolute Gasteiger partial charge is 0.382 e. The van der Waals surface area contributed by atoms with E-state index in [2.05, 4.69) is 35.5 Å². The first-order valence-corrected chi connectivity index (χ1v) is 6.89. The van der Waals surface area contributed by atoms with Crippen LogP contribution >= 0.6 is 0 Å². The van der Waals surface area contributed by atoms with E-state index in [1.807, 2.05) is 12.3 Å². The number of hydrogen-bond acceptors (Lipinski definition) is 4. The lowest BCUT2D eigenvalue weighted by atomic mass is 9.89. The highest BCUT2D eigenvalue weighted by Crippen LogP contribution is 2.27. The van der Waals surface area contributed by atoms with E-state index in [-0.39, 0.29) is 0 Å². The quantitative estimate of drug-likeness (QED) is 0.780. The number of hydrogen-bond donors (Lipinski definition) is 2. The Balaban J connectivity index is 1.79. The molecule has 0 radical (unpaired) electrons. The SMILES string of the molecule is CCCNc1cc(NC2CC(OCC)C2)ccn1. The fourth-order valence-electron chi connectivity index (χ4n) is 2.16. The van der Waals surface area contributed by atoms with Crippen LogP contribution in [0, 0.1) is 0 Å². The standard InChI is InChI=1S/C14H23N3O/c1-3-6-15-14-10-11(5-7-16-14)17-12-8-13(9-12)18-4-2/h5,7,10,12-13H,3-4,6,8-9H2,1-2H3,(H2,15,16,17). The monoisotopic (exact) mass is 249 g/mol. The van der Waals surface area contributed by atoms with Crippen molar-refractivity contribution < 1.29 is 4.74 Å². The highest BCUT2D eigenvalue weighted by atomic mass is 16.5. The molecule has 0 unspecified atom stereocenters. The molecule has 0 saturated heterocycles. The number of rotatable bonds is 7. The molecule has 1 aromatic heterocycles. The summed E-state index contributed by atoms with van der Waals surface area (Å²) in [5, 5.41) is 6.82. The smallest absolute Gasteiger partial charge is 0.127 e.